The predicted octanol–water partition coefficient (Wildman–Crippen LogP) is 4.08. The molecule has 0 aromatic heterocycles. The van der Waals surface area contributed by atoms with Crippen LogP contribution in [0.4, 0.5) is 0 Å². The highest BCUT2D eigenvalue weighted by atomic mass is 79.9. The molecule has 2 aromatic rings. The minimum Gasteiger partial charge on any atom is -0.507 e. The fourth-order valence-corrected chi connectivity index (χ4v) is 3.61. The quantitative estimate of drug-likeness (QED) is 0.414. The van der Waals surface area contributed by atoms with E-state index in [1.165, 1.54) is 4.90 Å². The van der Waals surface area contributed by atoms with Gasteiger partial charge in [-0.05, 0) is 29.7 Å². The average Bonchev–Trinajstić information content (AvgIpc) is 2.97. The van der Waals surface area contributed by atoms with E-state index in [0.29, 0.717) is 12.2 Å². The van der Waals surface area contributed by atoms with Crippen LogP contribution in [0.15, 0.2) is 58.6 Å². The summed E-state index contributed by atoms with van der Waals surface area (Å²) in [5.41, 5.74) is 2.53. The molecule has 0 saturated carbocycles. The summed E-state index contributed by atoms with van der Waals surface area (Å²) in [6, 6.07) is 14.1. The number of ketones is 1. The Labute approximate surface area is 172 Å². The van der Waals surface area contributed by atoms with Crippen LogP contribution in [0.1, 0.15) is 29.7 Å². The number of benzene rings is 2. The number of aliphatic hydroxyl groups is 1. The summed E-state index contributed by atoms with van der Waals surface area (Å²) in [6.45, 7) is 2.63. The lowest BCUT2D eigenvalue weighted by molar-refractivity contribution is -0.140. The molecule has 146 valence electrons. The summed E-state index contributed by atoms with van der Waals surface area (Å²) in [7, 11) is 1.55. The summed E-state index contributed by atoms with van der Waals surface area (Å²) in [5, 5.41) is 10.9. The molecule has 1 fully saturated rings. The van der Waals surface area contributed by atoms with Gasteiger partial charge in [-0.25, -0.2) is 0 Å². The maximum atomic E-state index is 12.8. The highest BCUT2D eigenvalue weighted by Crippen LogP contribution is 2.39. The molecular weight excluding hydrogens is 422 g/mol. The van der Waals surface area contributed by atoms with Crippen molar-refractivity contribution in [3.63, 3.8) is 0 Å². The molecule has 3 rings (SSSR count). The zero-order chi connectivity index (χ0) is 20.3. The van der Waals surface area contributed by atoms with Gasteiger partial charge in [0.15, 0.2) is 0 Å². The number of nitrogens with zero attached hydrogens (tertiary/aromatic N) is 1. The Morgan fingerprint density at radius 3 is 2.32 bits per heavy atom. The number of likely N-dealkylation sites (tertiary alicyclic amines) is 1. The second kappa shape index (κ2) is 8.71. The Kier molecular flexibility index (Phi) is 6.31. The molecule has 0 aliphatic carbocycles. The van der Waals surface area contributed by atoms with Crippen molar-refractivity contribution in [3.8, 4) is 0 Å². The van der Waals surface area contributed by atoms with Gasteiger partial charge in [-0.1, -0.05) is 59.3 Å². The number of rotatable bonds is 6. The SMILES string of the molecule is CCc1ccc(C2/C(=C(/O)c3ccc(Br)cc3)C(=O)C(=O)N2CCOC)cc1. The Morgan fingerprint density at radius 1 is 1.11 bits per heavy atom. The Balaban J connectivity index is 2.13. The molecule has 28 heavy (non-hydrogen) atoms. The maximum Gasteiger partial charge on any atom is 0.295 e. The molecule has 1 saturated heterocycles. The number of ether oxygens (including phenoxy) is 1. The van der Waals surface area contributed by atoms with Crippen LogP contribution in [0.2, 0.25) is 0 Å². The van der Waals surface area contributed by atoms with E-state index >= 15 is 0 Å². The molecule has 1 unspecified atom stereocenters. The monoisotopic (exact) mass is 443 g/mol. The van der Waals surface area contributed by atoms with Gasteiger partial charge < -0.3 is 14.7 Å². The van der Waals surface area contributed by atoms with Gasteiger partial charge in [0.1, 0.15) is 5.76 Å². The van der Waals surface area contributed by atoms with Gasteiger partial charge in [-0.15, -0.1) is 0 Å². The third-order valence-corrected chi connectivity index (χ3v) is 5.43. The number of Topliss-reactive ketones (excluding diaryl/α,β-unsaturated/α-hetero) is 1. The van der Waals surface area contributed by atoms with E-state index in [4.69, 9.17) is 4.74 Å². The number of aryl methyl sites for hydroxylation is 1. The van der Waals surface area contributed by atoms with Gasteiger partial charge in [0.2, 0.25) is 0 Å². The molecule has 0 radical (unpaired) electrons. The van der Waals surface area contributed by atoms with E-state index in [1.54, 1.807) is 31.4 Å². The van der Waals surface area contributed by atoms with Crippen molar-refractivity contribution in [3.05, 3.63) is 75.3 Å². The van der Waals surface area contributed by atoms with E-state index in [9.17, 15) is 14.7 Å². The summed E-state index contributed by atoms with van der Waals surface area (Å²) >= 11 is 3.36. The lowest BCUT2D eigenvalue weighted by atomic mass is 9.94. The smallest absolute Gasteiger partial charge is 0.295 e. The van der Waals surface area contributed by atoms with Crippen molar-refractivity contribution in [2.24, 2.45) is 0 Å². The van der Waals surface area contributed by atoms with Crippen molar-refractivity contribution in [2.45, 2.75) is 19.4 Å². The van der Waals surface area contributed by atoms with Crippen LogP contribution in [0.3, 0.4) is 0 Å². The largest absolute Gasteiger partial charge is 0.507 e. The molecular formula is C22H22BrNO4. The predicted molar refractivity (Wildman–Crippen MR) is 111 cm³/mol. The number of carbonyl (C=O) groups excluding carboxylic acids is 2. The van der Waals surface area contributed by atoms with Gasteiger partial charge in [0, 0.05) is 23.7 Å². The molecule has 2 aromatic carbocycles. The Bertz CT molecular complexity index is 903. The molecule has 1 amide bonds. The first-order chi connectivity index (χ1) is 13.5. The molecule has 0 bridgehead atoms. The Morgan fingerprint density at radius 2 is 1.75 bits per heavy atom. The van der Waals surface area contributed by atoms with Gasteiger partial charge in [0.25, 0.3) is 11.7 Å². The highest BCUT2D eigenvalue weighted by molar-refractivity contribution is 9.10. The van der Waals surface area contributed by atoms with Crippen molar-refractivity contribution >= 4 is 33.4 Å². The van der Waals surface area contributed by atoms with Crippen LogP contribution in [0.25, 0.3) is 5.76 Å². The standard InChI is InChI=1S/C22H22BrNO4/c1-3-14-4-6-15(7-5-14)19-18(20(25)16-8-10-17(23)11-9-16)21(26)22(27)24(19)12-13-28-2/h4-11,19,25H,3,12-13H2,1-2H3/b20-18-. The van der Waals surface area contributed by atoms with Crippen LogP contribution in [0, 0.1) is 0 Å². The third-order valence-electron chi connectivity index (χ3n) is 4.90. The summed E-state index contributed by atoms with van der Waals surface area (Å²) in [4.78, 5) is 27.0. The fraction of sp³-hybridized carbons (Fsp3) is 0.273. The van der Waals surface area contributed by atoms with Gasteiger partial charge >= 0.3 is 0 Å². The number of amides is 1. The molecule has 1 aliphatic heterocycles. The fourth-order valence-electron chi connectivity index (χ4n) is 3.35. The van der Waals surface area contributed by atoms with E-state index in [1.807, 2.05) is 24.3 Å². The average molecular weight is 444 g/mol. The normalized spacial score (nSPS) is 18.7. The molecule has 1 heterocycles. The number of halogens is 1. The molecule has 1 N–H and O–H groups in total. The summed E-state index contributed by atoms with van der Waals surface area (Å²) < 4.78 is 5.97. The van der Waals surface area contributed by atoms with Crippen LogP contribution >= 0.6 is 15.9 Å². The van der Waals surface area contributed by atoms with Crippen LogP contribution in [-0.4, -0.2) is 42.0 Å². The number of hydrogen-bond acceptors (Lipinski definition) is 4. The molecule has 6 heteroatoms. The van der Waals surface area contributed by atoms with E-state index in [-0.39, 0.29) is 17.9 Å². The van der Waals surface area contributed by atoms with Crippen molar-refractivity contribution in [2.75, 3.05) is 20.3 Å². The highest BCUT2D eigenvalue weighted by Gasteiger charge is 2.45. The van der Waals surface area contributed by atoms with Gasteiger partial charge in [-0.3, -0.25) is 9.59 Å². The summed E-state index contributed by atoms with van der Waals surface area (Å²) in [5.74, 6) is -1.48. The first-order valence-corrected chi connectivity index (χ1v) is 9.89. The zero-order valence-corrected chi connectivity index (χ0v) is 17.4. The first kappa shape index (κ1) is 20.3. The maximum absolute atomic E-state index is 12.8. The summed E-state index contributed by atoms with van der Waals surface area (Å²) in [6.07, 6.45) is 0.892. The number of methoxy groups -OCH3 is 1. The minimum absolute atomic E-state index is 0.104. The molecule has 0 spiro atoms. The topological polar surface area (TPSA) is 66.8 Å². The first-order valence-electron chi connectivity index (χ1n) is 9.10. The molecule has 5 nitrogen and oxygen atoms in total. The van der Waals surface area contributed by atoms with Crippen LogP contribution in [0.5, 0.6) is 0 Å². The van der Waals surface area contributed by atoms with Crippen molar-refractivity contribution in [1.82, 2.24) is 4.90 Å². The number of aliphatic hydroxyl groups excluding tert-OH is 1. The van der Waals surface area contributed by atoms with Gasteiger partial charge in [0.05, 0.1) is 18.2 Å². The van der Waals surface area contributed by atoms with E-state index in [0.717, 1.165) is 22.0 Å². The number of hydrogen-bond donors (Lipinski definition) is 1. The third kappa shape index (κ3) is 3.88. The molecule has 1 atom stereocenters. The minimum atomic E-state index is -0.680. The van der Waals surface area contributed by atoms with E-state index < -0.39 is 17.7 Å². The van der Waals surface area contributed by atoms with Gasteiger partial charge in [-0.2, -0.15) is 0 Å². The lowest BCUT2D eigenvalue weighted by Crippen LogP contribution is -2.32. The molecule has 1 aliphatic rings. The number of carbonyl (C=O) groups is 2. The van der Waals surface area contributed by atoms with Crippen LogP contribution < -0.4 is 0 Å². The zero-order valence-electron chi connectivity index (χ0n) is 15.8. The lowest BCUT2D eigenvalue weighted by Gasteiger charge is -2.25. The van der Waals surface area contributed by atoms with Crippen molar-refractivity contribution in [1.29, 1.82) is 0 Å². The van der Waals surface area contributed by atoms with E-state index in [2.05, 4.69) is 22.9 Å². The second-order valence-electron chi connectivity index (χ2n) is 6.59. The van der Waals surface area contributed by atoms with Crippen molar-refractivity contribution < 1.29 is 19.4 Å². The second-order valence-corrected chi connectivity index (χ2v) is 7.50. The van der Waals surface area contributed by atoms with Crippen LogP contribution in [-0.2, 0) is 20.7 Å². The Hall–Kier alpha value is -2.44.